The molecular weight excluding hydrogens is 320 g/mol. The van der Waals surface area contributed by atoms with Crippen LogP contribution in [0.25, 0.3) is 0 Å². The van der Waals surface area contributed by atoms with Crippen molar-refractivity contribution in [2.45, 2.75) is 38.8 Å². The molecule has 0 fully saturated rings. The SMILES string of the molecule is CCN(Cc1nonc1C)S(=O)(=O)c1cn(C(F)F)nc1C. The monoisotopic (exact) mass is 335 g/mol. The highest BCUT2D eigenvalue weighted by Crippen LogP contribution is 2.23. The summed E-state index contributed by atoms with van der Waals surface area (Å²) in [6, 6.07) is 0. The van der Waals surface area contributed by atoms with Gasteiger partial charge < -0.3 is 0 Å². The van der Waals surface area contributed by atoms with E-state index in [0.29, 0.717) is 16.1 Å². The minimum atomic E-state index is -3.98. The van der Waals surface area contributed by atoms with Gasteiger partial charge in [0.1, 0.15) is 16.3 Å². The predicted octanol–water partition coefficient (Wildman–Crippen LogP) is 1.49. The average molecular weight is 335 g/mol. The van der Waals surface area contributed by atoms with Crippen LogP contribution in [0.15, 0.2) is 15.7 Å². The summed E-state index contributed by atoms with van der Waals surface area (Å²) in [4.78, 5) is -0.260. The molecule has 2 heterocycles. The van der Waals surface area contributed by atoms with Crippen LogP contribution in [0.4, 0.5) is 8.78 Å². The van der Waals surface area contributed by atoms with Gasteiger partial charge in [-0.3, -0.25) is 0 Å². The lowest BCUT2D eigenvalue weighted by atomic mass is 10.3. The first kappa shape index (κ1) is 16.5. The molecule has 22 heavy (non-hydrogen) atoms. The minimum absolute atomic E-state index is 0.00810. The van der Waals surface area contributed by atoms with Gasteiger partial charge in [0.25, 0.3) is 0 Å². The Hall–Kier alpha value is -1.88. The Balaban J connectivity index is 2.37. The summed E-state index contributed by atoms with van der Waals surface area (Å²) < 4.78 is 56.5. The van der Waals surface area contributed by atoms with Gasteiger partial charge >= 0.3 is 6.55 Å². The summed E-state index contributed by atoms with van der Waals surface area (Å²) in [5, 5.41) is 10.7. The number of rotatable bonds is 6. The predicted molar refractivity (Wildman–Crippen MR) is 70.5 cm³/mol. The van der Waals surface area contributed by atoms with E-state index in [-0.39, 0.29) is 23.7 Å². The van der Waals surface area contributed by atoms with E-state index in [9.17, 15) is 17.2 Å². The Kier molecular flexibility index (Phi) is 4.56. The zero-order valence-corrected chi connectivity index (χ0v) is 13.0. The van der Waals surface area contributed by atoms with Crippen molar-refractivity contribution in [2.75, 3.05) is 6.54 Å². The zero-order valence-electron chi connectivity index (χ0n) is 12.2. The van der Waals surface area contributed by atoms with Crippen LogP contribution in [-0.2, 0) is 16.6 Å². The van der Waals surface area contributed by atoms with Gasteiger partial charge in [-0.05, 0) is 13.8 Å². The van der Waals surface area contributed by atoms with Crippen molar-refractivity contribution in [3.05, 3.63) is 23.3 Å². The number of aromatic nitrogens is 4. The second-order valence-electron chi connectivity index (χ2n) is 4.56. The third kappa shape index (κ3) is 2.99. The number of sulfonamides is 1. The molecule has 2 rings (SSSR count). The molecule has 0 aromatic carbocycles. The lowest BCUT2D eigenvalue weighted by molar-refractivity contribution is 0.0561. The number of hydrogen-bond donors (Lipinski definition) is 0. The van der Waals surface area contributed by atoms with E-state index in [0.717, 1.165) is 10.5 Å². The van der Waals surface area contributed by atoms with Crippen molar-refractivity contribution in [3.63, 3.8) is 0 Å². The zero-order chi connectivity index (χ0) is 16.5. The van der Waals surface area contributed by atoms with Gasteiger partial charge in [0.2, 0.25) is 10.0 Å². The standard InChI is InChI=1S/C11H15F2N5O3S/c1-4-17(5-9-7(2)15-21-16-9)22(19,20)10-6-18(11(12)13)14-8(10)3/h6,11H,4-5H2,1-3H3. The molecule has 0 amide bonds. The van der Waals surface area contributed by atoms with Crippen molar-refractivity contribution in [2.24, 2.45) is 0 Å². The average Bonchev–Trinajstić information content (AvgIpc) is 3.02. The molecule has 0 saturated carbocycles. The summed E-state index contributed by atoms with van der Waals surface area (Å²) in [7, 11) is -3.98. The first-order chi connectivity index (χ1) is 10.3. The van der Waals surface area contributed by atoms with E-state index in [2.05, 4.69) is 20.0 Å². The largest absolute Gasteiger partial charge is 0.333 e. The summed E-state index contributed by atoms with van der Waals surface area (Å²) in [5.41, 5.74) is 0.840. The molecule has 0 spiro atoms. The molecule has 0 N–H and O–H groups in total. The van der Waals surface area contributed by atoms with Crippen LogP contribution in [-0.4, -0.2) is 39.4 Å². The Morgan fingerprint density at radius 3 is 2.45 bits per heavy atom. The highest BCUT2D eigenvalue weighted by molar-refractivity contribution is 7.89. The second kappa shape index (κ2) is 6.08. The molecule has 8 nitrogen and oxygen atoms in total. The fourth-order valence-electron chi connectivity index (χ4n) is 1.88. The van der Waals surface area contributed by atoms with Crippen LogP contribution in [0.1, 0.15) is 30.6 Å². The number of hydrogen-bond acceptors (Lipinski definition) is 6. The first-order valence-electron chi connectivity index (χ1n) is 6.39. The molecule has 122 valence electrons. The fourth-order valence-corrected chi connectivity index (χ4v) is 3.45. The Labute approximate surface area is 125 Å². The lowest BCUT2D eigenvalue weighted by Crippen LogP contribution is -2.31. The molecule has 0 bridgehead atoms. The molecule has 0 aliphatic carbocycles. The van der Waals surface area contributed by atoms with E-state index in [1.54, 1.807) is 13.8 Å². The maximum Gasteiger partial charge on any atom is 0.333 e. The smallest absolute Gasteiger partial charge is 0.244 e. The highest BCUT2D eigenvalue weighted by Gasteiger charge is 2.29. The molecule has 0 radical (unpaired) electrons. The third-order valence-electron chi connectivity index (χ3n) is 3.11. The van der Waals surface area contributed by atoms with Crippen LogP contribution in [0.5, 0.6) is 0 Å². The van der Waals surface area contributed by atoms with Crippen LogP contribution in [0.2, 0.25) is 0 Å². The topological polar surface area (TPSA) is 94.1 Å². The molecular formula is C11H15F2N5O3S. The number of nitrogens with zero attached hydrogens (tertiary/aromatic N) is 5. The number of alkyl halides is 2. The van der Waals surface area contributed by atoms with Crippen molar-refractivity contribution in [1.82, 2.24) is 24.4 Å². The van der Waals surface area contributed by atoms with E-state index in [1.165, 1.54) is 6.92 Å². The molecule has 11 heteroatoms. The summed E-state index contributed by atoms with van der Waals surface area (Å²) in [6.07, 6.45) is 0.825. The van der Waals surface area contributed by atoms with Gasteiger partial charge in [0, 0.05) is 6.54 Å². The lowest BCUT2D eigenvalue weighted by Gasteiger charge is -2.18. The Morgan fingerprint density at radius 1 is 1.32 bits per heavy atom. The fraction of sp³-hybridized carbons (Fsp3) is 0.545. The Bertz CT molecular complexity index is 756. The highest BCUT2D eigenvalue weighted by atomic mass is 32.2. The van der Waals surface area contributed by atoms with Gasteiger partial charge in [-0.2, -0.15) is 18.2 Å². The molecule has 0 aliphatic rings. The van der Waals surface area contributed by atoms with Crippen molar-refractivity contribution >= 4 is 10.0 Å². The molecule has 0 unspecified atom stereocenters. The van der Waals surface area contributed by atoms with Crippen LogP contribution in [0, 0.1) is 13.8 Å². The summed E-state index contributed by atoms with van der Waals surface area (Å²) >= 11 is 0. The molecule has 0 aliphatic heterocycles. The quantitative estimate of drug-likeness (QED) is 0.794. The van der Waals surface area contributed by atoms with E-state index in [4.69, 9.17) is 0 Å². The normalized spacial score (nSPS) is 12.5. The van der Waals surface area contributed by atoms with Crippen molar-refractivity contribution in [3.8, 4) is 0 Å². The Morgan fingerprint density at radius 2 is 2.00 bits per heavy atom. The van der Waals surface area contributed by atoms with Crippen molar-refractivity contribution < 1.29 is 21.8 Å². The van der Waals surface area contributed by atoms with Crippen LogP contribution in [0.3, 0.4) is 0 Å². The van der Waals surface area contributed by atoms with Gasteiger partial charge in [-0.15, -0.1) is 0 Å². The third-order valence-corrected chi connectivity index (χ3v) is 5.14. The maximum absolute atomic E-state index is 12.7. The van der Waals surface area contributed by atoms with Gasteiger partial charge in [0.05, 0.1) is 18.4 Å². The van der Waals surface area contributed by atoms with E-state index in [1.807, 2.05) is 0 Å². The van der Waals surface area contributed by atoms with Crippen LogP contribution < -0.4 is 0 Å². The van der Waals surface area contributed by atoms with Crippen LogP contribution >= 0.6 is 0 Å². The van der Waals surface area contributed by atoms with Gasteiger partial charge in [0.15, 0.2) is 0 Å². The van der Waals surface area contributed by atoms with E-state index < -0.39 is 16.6 Å². The van der Waals surface area contributed by atoms with Gasteiger partial charge in [-0.1, -0.05) is 17.2 Å². The molecule has 2 aromatic rings. The summed E-state index contributed by atoms with van der Waals surface area (Å²) in [5.74, 6) is 0. The molecule has 0 atom stereocenters. The van der Waals surface area contributed by atoms with Crippen molar-refractivity contribution in [1.29, 1.82) is 0 Å². The molecule has 0 saturated heterocycles. The minimum Gasteiger partial charge on any atom is -0.244 e. The maximum atomic E-state index is 12.7. The number of aryl methyl sites for hydroxylation is 2. The number of halogens is 2. The van der Waals surface area contributed by atoms with E-state index >= 15 is 0 Å². The first-order valence-corrected chi connectivity index (χ1v) is 7.83. The van der Waals surface area contributed by atoms with Gasteiger partial charge in [-0.25, -0.2) is 17.7 Å². The summed E-state index contributed by atoms with van der Waals surface area (Å²) in [6.45, 7) is 1.79. The second-order valence-corrected chi connectivity index (χ2v) is 6.47. The molecule has 2 aromatic heterocycles.